The standard InChI is InChI=1S/C11H23NO3/c1-9(2)15-7-5-4-6-12-10(3)8-11(13)14/h9-10,12H,4-8H2,1-3H3,(H,13,14). The van der Waals surface area contributed by atoms with Gasteiger partial charge in [0, 0.05) is 12.6 Å². The summed E-state index contributed by atoms with van der Waals surface area (Å²) in [4.78, 5) is 10.4. The molecule has 0 saturated heterocycles. The summed E-state index contributed by atoms with van der Waals surface area (Å²) >= 11 is 0. The predicted octanol–water partition coefficient (Wildman–Crippen LogP) is 1.64. The van der Waals surface area contributed by atoms with Crippen LogP contribution < -0.4 is 5.32 Å². The van der Waals surface area contributed by atoms with Crippen molar-refractivity contribution in [2.45, 2.75) is 52.2 Å². The fourth-order valence-electron chi connectivity index (χ4n) is 1.23. The van der Waals surface area contributed by atoms with Crippen molar-refractivity contribution in [1.82, 2.24) is 5.32 Å². The zero-order valence-corrected chi connectivity index (χ0v) is 9.95. The Morgan fingerprint density at radius 2 is 2.00 bits per heavy atom. The molecule has 0 aromatic rings. The molecule has 0 saturated carbocycles. The molecule has 15 heavy (non-hydrogen) atoms. The molecule has 0 aromatic heterocycles. The van der Waals surface area contributed by atoms with E-state index in [1.807, 2.05) is 20.8 Å². The summed E-state index contributed by atoms with van der Waals surface area (Å²) in [5.74, 6) is -0.752. The molecule has 90 valence electrons. The van der Waals surface area contributed by atoms with Crippen molar-refractivity contribution in [3.63, 3.8) is 0 Å². The van der Waals surface area contributed by atoms with Crippen molar-refractivity contribution in [2.75, 3.05) is 13.2 Å². The molecule has 4 heteroatoms. The zero-order chi connectivity index (χ0) is 11.7. The van der Waals surface area contributed by atoms with E-state index in [0.717, 1.165) is 26.0 Å². The molecule has 0 aliphatic rings. The van der Waals surface area contributed by atoms with Crippen molar-refractivity contribution in [2.24, 2.45) is 0 Å². The molecule has 0 amide bonds. The van der Waals surface area contributed by atoms with E-state index in [9.17, 15) is 4.79 Å². The summed E-state index contributed by atoms with van der Waals surface area (Å²) < 4.78 is 5.39. The second-order valence-corrected chi connectivity index (χ2v) is 4.08. The fraction of sp³-hybridized carbons (Fsp3) is 0.909. The van der Waals surface area contributed by atoms with Crippen LogP contribution >= 0.6 is 0 Å². The van der Waals surface area contributed by atoms with Crippen LogP contribution in [0.1, 0.15) is 40.0 Å². The Morgan fingerprint density at radius 1 is 1.33 bits per heavy atom. The van der Waals surface area contributed by atoms with E-state index in [1.165, 1.54) is 0 Å². The molecule has 0 fully saturated rings. The van der Waals surface area contributed by atoms with Gasteiger partial charge in [0.15, 0.2) is 0 Å². The van der Waals surface area contributed by atoms with Crippen LogP contribution in [-0.2, 0) is 9.53 Å². The molecule has 0 aliphatic carbocycles. The molecule has 4 nitrogen and oxygen atoms in total. The van der Waals surface area contributed by atoms with Crippen molar-refractivity contribution in [1.29, 1.82) is 0 Å². The number of nitrogens with one attached hydrogen (secondary N) is 1. The lowest BCUT2D eigenvalue weighted by Crippen LogP contribution is -2.29. The molecule has 0 spiro atoms. The van der Waals surface area contributed by atoms with Crippen molar-refractivity contribution < 1.29 is 14.6 Å². The number of hydrogen-bond donors (Lipinski definition) is 2. The third kappa shape index (κ3) is 11.3. The Morgan fingerprint density at radius 3 is 2.53 bits per heavy atom. The van der Waals surface area contributed by atoms with Crippen LogP contribution in [0.15, 0.2) is 0 Å². The summed E-state index contributed by atoms with van der Waals surface area (Å²) in [6, 6.07) is 0.0496. The van der Waals surface area contributed by atoms with E-state index in [2.05, 4.69) is 5.32 Å². The molecule has 0 aliphatic heterocycles. The third-order valence-electron chi connectivity index (χ3n) is 2.00. The lowest BCUT2D eigenvalue weighted by molar-refractivity contribution is -0.137. The highest BCUT2D eigenvalue weighted by Gasteiger charge is 2.05. The lowest BCUT2D eigenvalue weighted by atomic mass is 10.2. The van der Waals surface area contributed by atoms with Gasteiger partial charge in [0.1, 0.15) is 0 Å². The van der Waals surface area contributed by atoms with Gasteiger partial charge in [-0.25, -0.2) is 0 Å². The topological polar surface area (TPSA) is 58.6 Å². The first-order chi connectivity index (χ1) is 7.02. The zero-order valence-electron chi connectivity index (χ0n) is 9.95. The Hall–Kier alpha value is -0.610. The normalized spacial score (nSPS) is 13.1. The Kier molecular flexibility index (Phi) is 8.33. The molecule has 0 bridgehead atoms. The number of unbranched alkanes of at least 4 members (excludes halogenated alkanes) is 1. The van der Waals surface area contributed by atoms with Gasteiger partial charge >= 0.3 is 5.97 Å². The van der Waals surface area contributed by atoms with Crippen LogP contribution in [0, 0.1) is 0 Å². The van der Waals surface area contributed by atoms with Crippen LogP contribution in [0.5, 0.6) is 0 Å². The number of carbonyl (C=O) groups is 1. The van der Waals surface area contributed by atoms with E-state index in [0.29, 0.717) is 6.10 Å². The van der Waals surface area contributed by atoms with E-state index in [-0.39, 0.29) is 12.5 Å². The van der Waals surface area contributed by atoms with E-state index < -0.39 is 5.97 Å². The summed E-state index contributed by atoms with van der Waals surface area (Å²) in [5, 5.41) is 11.7. The number of carboxylic acid groups (broad SMARTS) is 1. The molecule has 0 radical (unpaired) electrons. The maximum Gasteiger partial charge on any atom is 0.304 e. The van der Waals surface area contributed by atoms with Gasteiger partial charge in [-0.05, 0) is 40.2 Å². The average molecular weight is 217 g/mol. The van der Waals surface area contributed by atoms with Gasteiger partial charge in [0.05, 0.1) is 12.5 Å². The van der Waals surface area contributed by atoms with E-state index >= 15 is 0 Å². The molecule has 0 heterocycles. The number of rotatable bonds is 9. The first kappa shape index (κ1) is 14.4. The summed E-state index contributed by atoms with van der Waals surface area (Å²) in [6.07, 6.45) is 2.52. The molecule has 1 unspecified atom stereocenters. The third-order valence-corrected chi connectivity index (χ3v) is 2.00. The van der Waals surface area contributed by atoms with Crippen molar-refractivity contribution in [3.8, 4) is 0 Å². The van der Waals surface area contributed by atoms with Crippen LogP contribution in [-0.4, -0.2) is 36.4 Å². The quantitative estimate of drug-likeness (QED) is 0.576. The molecular formula is C11H23NO3. The van der Waals surface area contributed by atoms with Gasteiger partial charge < -0.3 is 15.2 Å². The van der Waals surface area contributed by atoms with Gasteiger partial charge in [0.2, 0.25) is 0 Å². The van der Waals surface area contributed by atoms with Gasteiger partial charge in [-0.3, -0.25) is 4.79 Å². The van der Waals surface area contributed by atoms with Crippen LogP contribution in [0.3, 0.4) is 0 Å². The minimum absolute atomic E-state index is 0.0496. The maximum atomic E-state index is 10.4. The smallest absolute Gasteiger partial charge is 0.304 e. The largest absolute Gasteiger partial charge is 0.481 e. The molecular weight excluding hydrogens is 194 g/mol. The number of aliphatic carboxylic acids is 1. The molecule has 0 aromatic carbocycles. The number of ether oxygens (including phenoxy) is 1. The monoisotopic (exact) mass is 217 g/mol. The van der Waals surface area contributed by atoms with E-state index in [4.69, 9.17) is 9.84 Å². The number of hydrogen-bond acceptors (Lipinski definition) is 3. The van der Waals surface area contributed by atoms with E-state index in [1.54, 1.807) is 0 Å². The molecule has 0 rings (SSSR count). The van der Waals surface area contributed by atoms with Gasteiger partial charge in [0.25, 0.3) is 0 Å². The predicted molar refractivity (Wildman–Crippen MR) is 60.0 cm³/mol. The molecule has 1 atom stereocenters. The highest BCUT2D eigenvalue weighted by Crippen LogP contribution is 1.95. The number of carboxylic acids is 1. The van der Waals surface area contributed by atoms with Crippen LogP contribution in [0.25, 0.3) is 0 Å². The van der Waals surface area contributed by atoms with Crippen LogP contribution in [0.2, 0.25) is 0 Å². The minimum atomic E-state index is -0.752. The lowest BCUT2D eigenvalue weighted by Gasteiger charge is -2.11. The highest BCUT2D eigenvalue weighted by atomic mass is 16.5. The fourth-order valence-corrected chi connectivity index (χ4v) is 1.23. The van der Waals surface area contributed by atoms with Gasteiger partial charge in [-0.1, -0.05) is 0 Å². The first-order valence-electron chi connectivity index (χ1n) is 5.59. The summed E-state index contributed by atoms with van der Waals surface area (Å²) in [6.45, 7) is 7.57. The second kappa shape index (κ2) is 8.68. The highest BCUT2D eigenvalue weighted by molar-refractivity contribution is 5.67. The van der Waals surface area contributed by atoms with Crippen LogP contribution in [0.4, 0.5) is 0 Å². The average Bonchev–Trinajstić information content (AvgIpc) is 2.09. The minimum Gasteiger partial charge on any atom is -0.481 e. The summed E-state index contributed by atoms with van der Waals surface area (Å²) in [7, 11) is 0. The first-order valence-corrected chi connectivity index (χ1v) is 5.59. The second-order valence-electron chi connectivity index (χ2n) is 4.08. The summed E-state index contributed by atoms with van der Waals surface area (Å²) in [5.41, 5.74) is 0. The Balaban J connectivity index is 3.20. The Labute approximate surface area is 92.0 Å². The molecule has 2 N–H and O–H groups in total. The van der Waals surface area contributed by atoms with Gasteiger partial charge in [-0.2, -0.15) is 0 Å². The van der Waals surface area contributed by atoms with Crippen molar-refractivity contribution in [3.05, 3.63) is 0 Å². The SMILES string of the molecule is CC(CC(=O)O)NCCCCOC(C)C. The van der Waals surface area contributed by atoms with Gasteiger partial charge in [-0.15, -0.1) is 0 Å². The van der Waals surface area contributed by atoms with Crippen molar-refractivity contribution >= 4 is 5.97 Å². The Bertz CT molecular complexity index is 171. The maximum absolute atomic E-state index is 10.4.